The van der Waals surface area contributed by atoms with E-state index >= 15 is 0 Å². The van der Waals surface area contributed by atoms with Gasteiger partial charge in [-0.1, -0.05) is 30.4 Å². The molecule has 0 aromatic heterocycles. The molecule has 118 valence electrons. The van der Waals surface area contributed by atoms with Gasteiger partial charge in [-0.15, -0.1) is 0 Å². The van der Waals surface area contributed by atoms with Crippen molar-refractivity contribution in [2.24, 2.45) is 5.73 Å². The fourth-order valence-corrected chi connectivity index (χ4v) is 3.82. The standard InChI is InChI=1S/C12H15F3N2O2S2/c1-8(2)17(7-12(13,14)15)21(18,19)10-6-4-3-5-9(10)11(16)20/h3-6,8H,7H2,1-2H3,(H2,16,20). The predicted molar refractivity (Wildman–Crippen MR) is 77.4 cm³/mol. The van der Waals surface area contributed by atoms with Crippen LogP contribution in [-0.4, -0.2) is 36.5 Å². The van der Waals surface area contributed by atoms with Crippen molar-refractivity contribution in [2.45, 2.75) is 31.0 Å². The predicted octanol–water partition coefficient (Wildman–Crippen LogP) is 2.28. The lowest BCUT2D eigenvalue weighted by Crippen LogP contribution is -2.43. The third-order valence-electron chi connectivity index (χ3n) is 2.65. The Morgan fingerprint density at radius 1 is 1.33 bits per heavy atom. The maximum absolute atomic E-state index is 12.6. The van der Waals surface area contributed by atoms with Crippen molar-refractivity contribution in [1.29, 1.82) is 0 Å². The average Bonchev–Trinajstić information content (AvgIpc) is 2.34. The molecule has 0 saturated heterocycles. The Bertz CT molecular complexity index is 628. The molecule has 0 bridgehead atoms. The smallest absolute Gasteiger partial charge is 0.389 e. The first kappa shape index (κ1) is 17.9. The molecular weight excluding hydrogens is 325 g/mol. The van der Waals surface area contributed by atoms with E-state index in [1.54, 1.807) is 0 Å². The van der Waals surface area contributed by atoms with Gasteiger partial charge in [-0.05, 0) is 19.9 Å². The van der Waals surface area contributed by atoms with E-state index in [4.69, 9.17) is 18.0 Å². The van der Waals surface area contributed by atoms with Crippen LogP contribution in [0.25, 0.3) is 0 Å². The highest BCUT2D eigenvalue weighted by molar-refractivity contribution is 7.89. The van der Waals surface area contributed by atoms with Crippen molar-refractivity contribution in [3.05, 3.63) is 29.8 Å². The number of rotatable bonds is 5. The second-order valence-electron chi connectivity index (χ2n) is 4.62. The summed E-state index contributed by atoms with van der Waals surface area (Å²) in [6, 6.07) is 4.60. The summed E-state index contributed by atoms with van der Waals surface area (Å²) < 4.78 is 63.2. The molecule has 1 aromatic rings. The highest BCUT2D eigenvalue weighted by atomic mass is 32.2. The van der Waals surface area contributed by atoms with Gasteiger partial charge < -0.3 is 5.73 Å². The summed E-state index contributed by atoms with van der Waals surface area (Å²) in [4.78, 5) is -0.514. The van der Waals surface area contributed by atoms with E-state index in [1.807, 2.05) is 0 Å². The van der Waals surface area contributed by atoms with Crippen LogP contribution in [0.5, 0.6) is 0 Å². The van der Waals surface area contributed by atoms with E-state index in [-0.39, 0.29) is 15.4 Å². The Kier molecular flexibility index (Phi) is 5.35. The number of halogens is 3. The monoisotopic (exact) mass is 340 g/mol. The summed E-state index contributed by atoms with van der Waals surface area (Å²) in [5.41, 5.74) is 5.47. The summed E-state index contributed by atoms with van der Waals surface area (Å²) in [5.74, 6) is 0. The number of alkyl halides is 3. The van der Waals surface area contributed by atoms with E-state index in [2.05, 4.69) is 0 Å². The van der Waals surface area contributed by atoms with Gasteiger partial charge in [0.25, 0.3) is 0 Å². The minimum Gasteiger partial charge on any atom is -0.389 e. The minimum atomic E-state index is -4.64. The molecule has 0 amide bonds. The number of sulfonamides is 1. The molecule has 0 aliphatic rings. The van der Waals surface area contributed by atoms with Gasteiger partial charge in [0.2, 0.25) is 10.0 Å². The summed E-state index contributed by atoms with van der Waals surface area (Å²) in [7, 11) is -4.36. The van der Waals surface area contributed by atoms with Crippen LogP contribution in [0.4, 0.5) is 13.2 Å². The Hall–Kier alpha value is -1.19. The lowest BCUT2D eigenvalue weighted by atomic mass is 10.2. The third kappa shape index (κ3) is 4.39. The number of benzene rings is 1. The van der Waals surface area contributed by atoms with Crippen molar-refractivity contribution < 1.29 is 21.6 Å². The zero-order valence-electron chi connectivity index (χ0n) is 11.4. The number of nitrogens with zero attached hydrogens (tertiary/aromatic N) is 1. The molecule has 0 aliphatic heterocycles. The van der Waals surface area contributed by atoms with Crippen LogP contribution in [0.15, 0.2) is 29.2 Å². The molecule has 0 saturated carbocycles. The summed E-state index contributed by atoms with van der Waals surface area (Å²) in [5, 5.41) is 0. The number of nitrogens with two attached hydrogens (primary N) is 1. The Morgan fingerprint density at radius 3 is 2.29 bits per heavy atom. The molecule has 0 heterocycles. The maximum atomic E-state index is 12.6. The van der Waals surface area contributed by atoms with Crippen LogP contribution in [0.1, 0.15) is 19.4 Å². The molecule has 4 nitrogen and oxygen atoms in total. The fourth-order valence-electron chi connectivity index (χ4n) is 1.74. The average molecular weight is 340 g/mol. The highest BCUT2D eigenvalue weighted by Gasteiger charge is 2.39. The zero-order chi connectivity index (χ0) is 16.4. The molecule has 9 heteroatoms. The summed E-state index contributed by atoms with van der Waals surface area (Å²) in [6.07, 6.45) is -4.64. The Morgan fingerprint density at radius 2 is 1.86 bits per heavy atom. The van der Waals surface area contributed by atoms with Crippen LogP contribution in [-0.2, 0) is 10.0 Å². The first-order valence-electron chi connectivity index (χ1n) is 5.94. The van der Waals surface area contributed by atoms with Crippen molar-refractivity contribution in [3.8, 4) is 0 Å². The van der Waals surface area contributed by atoms with Gasteiger partial charge in [0.05, 0.1) is 4.90 Å². The van der Waals surface area contributed by atoms with E-state index in [9.17, 15) is 21.6 Å². The summed E-state index contributed by atoms with van der Waals surface area (Å²) >= 11 is 4.75. The zero-order valence-corrected chi connectivity index (χ0v) is 13.0. The van der Waals surface area contributed by atoms with Gasteiger partial charge in [-0.25, -0.2) is 8.42 Å². The second kappa shape index (κ2) is 6.29. The van der Waals surface area contributed by atoms with Crippen LogP contribution in [0.2, 0.25) is 0 Å². The summed E-state index contributed by atoms with van der Waals surface area (Å²) in [6.45, 7) is 1.16. The van der Waals surface area contributed by atoms with Crippen LogP contribution in [0, 0.1) is 0 Å². The SMILES string of the molecule is CC(C)N(CC(F)(F)F)S(=O)(=O)c1ccccc1C(N)=S. The molecule has 2 N–H and O–H groups in total. The molecule has 0 radical (unpaired) electrons. The minimum absolute atomic E-state index is 0.0281. The van der Waals surface area contributed by atoms with E-state index in [1.165, 1.54) is 38.1 Å². The normalized spacial score (nSPS) is 12.9. The van der Waals surface area contributed by atoms with Gasteiger partial charge in [-0.2, -0.15) is 17.5 Å². The first-order chi connectivity index (χ1) is 9.47. The molecule has 0 spiro atoms. The van der Waals surface area contributed by atoms with Gasteiger partial charge in [-0.3, -0.25) is 0 Å². The van der Waals surface area contributed by atoms with Crippen molar-refractivity contribution >= 4 is 27.2 Å². The Labute approximate surface area is 126 Å². The van der Waals surface area contributed by atoms with Crippen molar-refractivity contribution in [3.63, 3.8) is 0 Å². The molecule has 0 aliphatic carbocycles. The molecular formula is C12H15F3N2O2S2. The number of hydrogen-bond donors (Lipinski definition) is 1. The quantitative estimate of drug-likeness (QED) is 0.836. The van der Waals surface area contributed by atoms with Gasteiger partial charge in [0.15, 0.2) is 0 Å². The van der Waals surface area contributed by atoms with Crippen molar-refractivity contribution in [1.82, 2.24) is 4.31 Å². The third-order valence-corrected chi connectivity index (χ3v) is 4.95. The highest BCUT2D eigenvalue weighted by Crippen LogP contribution is 2.26. The molecule has 0 unspecified atom stereocenters. The van der Waals surface area contributed by atoms with E-state index in [0.717, 1.165) is 0 Å². The first-order valence-corrected chi connectivity index (χ1v) is 7.79. The van der Waals surface area contributed by atoms with Gasteiger partial charge >= 0.3 is 6.18 Å². The number of hydrogen-bond acceptors (Lipinski definition) is 3. The van der Waals surface area contributed by atoms with Gasteiger partial charge in [0, 0.05) is 11.6 Å². The number of thiocarbonyl (C=S) groups is 1. The lowest BCUT2D eigenvalue weighted by molar-refractivity contribution is -0.138. The molecule has 0 atom stereocenters. The molecule has 1 aromatic carbocycles. The largest absolute Gasteiger partial charge is 0.402 e. The Balaban J connectivity index is 3.41. The topological polar surface area (TPSA) is 63.4 Å². The van der Waals surface area contributed by atoms with E-state index < -0.39 is 28.8 Å². The maximum Gasteiger partial charge on any atom is 0.402 e. The lowest BCUT2D eigenvalue weighted by Gasteiger charge is -2.27. The van der Waals surface area contributed by atoms with Gasteiger partial charge in [0.1, 0.15) is 11.5 Å². The van der Waals surface area contributed by atoms with E-state index in [0.29, 0.717) is 4.31 Å². The molecule has 21 heavy (non-hydrogen) atoms. The molecule has 1 rings (SSSR count). The van der Waals surface area contributed by atoms with Crippen LogP contribution in [0.3, 0.4) is 0 Å². The van der Waals surface area contributed by atoms with Crippen LogP contribution < -0.4 is 5.73 Å². The van der Waals surface area contributed by atoms with Crippen molar-refractivity contribution in [2.75, 3.05) is 6.54 Å². The fraction of sp³-hybridized carbons (Fsp3) is 0.417. The van der Waals surface area contributed by atoms with Crippen LogP contribution >= 0.6 is 12.2 Å². The second-order valence-corrected chi connectivity index (χ2v) is 6.92. The molecule has 0 fully saturated rings.